The van der Waals surface area contributed by atoms with Crippen LogP contribution in [-0.2, 0) is 0 Å². The number of piperidine rings is 1. The summed E-state index contributed by atoms with van der Waals surface area (Å²) in [6.07, 6.45) is 3.44. The van der Waals surface area contributed by atoms with Gasteiger partial charge in [-0.1, -0.05) is 12.1 Å². The maximum atomic E-state index is 12.8. The molecule has 1 aliphatic heterocycles. The molecular weight excluding hydrogens is 318 g/mol. The molecule has 1 saturated heterocycles. The molecule has 2 atom stereocenters. The molecule has 6 heteroatoms. The molecule has 0 spiro atoms. The van der Waals surface area contributed by atoms with Crippen LogP contribution in [0.5, 0.6) is 0 Å². The monoisotopic (exact) mass is 341 g/mol. The fraction of sp³-hybridized carbons (Fsp3) is 0.368. The summed E-state index contributed by atoms with van der Waals surface area (Å²) in [5, 5.41) is 6.46. The van der Waals surface area contributed by atoms with Gasteiger partial charge in [-0.15, -0.1) is 0 Å². The minimum atomic E-state index is -0.294. The van der Waals surface area contributed by atoms with E-state index in [1.807, 2.05) is 6.07 Å². The van der Waals surface area contributed by atoms with E-state index >= 15 is 0 Å². The second-order valence-electron chi connectivity index (χ2n) is 6.32. The van der Waals surface area contributed by atoms with Crippen molar-refractivity contribution in [3.05, 3.63) is 54.0 Å². The Balaban J connectivity index is 1.80. The third-order valence-electron chi connectivity index (χ3n) is 4.62. The van der Waals surface area contributed by atoms with Crippen molar-refractivity contribution >= 4 is 17.5 Å². The van der Waals surface area contributed by atoms with Crippen molar-refractivity contribution in [2.24, 2.45) is 0 Å². The molecule has 0 saturated carbocycles. The Kier molecular flexibility index (Phi) is 5.19. The van der Waals surface area contributed by atoms with Gasteiger partial charge in [-0.3, -0.25) is 9.59 Å². The van der Waals surface area contributed by atoms with Gasteiger partial charge in [0.2, 0.25) is 0 Å². The van der Waals surface area contributed by atoms with E-state index in [4.69, 9.17) is 4.42 Å². The predicted octanol–water partition coefficient (Wildman–Crippen LogP) is 2.43. The molecule has 25 heavy (non-hydrogen) atoms. The number of hydrogen-bond acceptors (Lipinski definition) is 4. The van der Waals surface area contributed by atoms with Crippen LogP contribution in [0.3, 0.4) is 0 Å². The van der Waals surface area contributed by atoms with Gasteiger partial charge >= 0.3 is 0 Å². The highest BCUT2D eigenvalue weighted by Gasteiger charge is 2.25. The van der Waals surface area contributed by atoms with Gasteiger partial charge in [0.15, 0.2) is 5.76 Å². The number of nitrogens with zero attached hydrogens (tertiary/aromatic N) is 1. The van der Waals surface area contributed by atoms with E-state index in [-0.39, 0.29) is 29.7 Å². The summed E-state index contributed by atoms with van der Waals surface area (Å²) < 4.78 is 5.17. The Morgan fingerprint density at radius 2 is 2.04 bits per heavy atom. The van der Waals surface area contributed by atoms with E-state index in [1.165, 1.54) is 11.2 Å². The summed E-state index contributed by atoms with van der Waals surface area (Å²) in [6, 6.07) is 10.7. The first-order chi connectivity index (χ1) is 12.1. The number of furan rings is 1. The number of para-hydroxylation sites is 1. The maximum Gasteiger partial charge on any atom is 0.293 e. The van der Waals surface area contributed by atoms with Crippen molar-refractivity contribution in [3.8, 4) is 0 Å². The number of nitrogens with one attached hydrogen (secondary N) is 2. The van der Waals surface area contributed by atoms with Crippen LogP contribution in [0.1, 0.15) is 40.7 Å². The van der Waals surface area contributed by atoms with E-state index in [2.05, 4.69) is 17.6 Å². The highest BCUT2D eigenvalue weighted by atomic mass is 16.3. The molecule has 1 aliphatic rings. The smallest absolute Gasteiger partial charge is 0.293 e. The second-order valence-corrected chi connectivity index (χ2v) is 6.32. The lowest BCUT2D eigenvalue weighted by Crippen LogP contribution is -2.52. The SMILES string of the molecule is CC1NCCCC1NC(=O)c1ccccc1N(C)C(=O)c1ccco1. The van der Waals surface area contributed by atoms with E-state index in [0.29, 0.717) is 11.3 Å². The average Bonchev–Trinajstić information content (AvgIpc) is 3.17. The van der Waals surface area contributed by atoms with E-state index in [0.717, 1.165) is 19.4 Å². The van der Waals surface area contributed by atoms with Crippen LogP contribution in [0.4, 0.5) is 5.69 Å². The van der Waals surface area contributed by atoms with Crippen molar-refractivity contribution in [1.29, 1.82) is 0 Å². The van der Waals surface area contributed by atoms with Gasteiger partial charge in [0, 0.05) is 19.1 Å². The molecule has 132 valence electrons. The van der Waals surface area contributed by atoms with Crippen LogP contribution < -0.4 is 15.5 Å². The van der Waals surface area contributed by atoms with Gasteiger partial charge in [-0.25, -0.2) is 0 Å². The number of benzene rings is 1. The van der Waals surface area contributed by atoms with Crippen LogP contribution in [-0.4, -0.2) is 37.5 Å². The predicted molar refractivity (Wildman–Crippen MR) is 95.8 cm³/mol. The first-order valence-corrected chi connectivity index (χ1v) is 8.53. The van der Waals surface area contributed by atoms with E-state index in [1.54, 1.807) is 37.4 Å². The second kappa shape index (κ2) is 7.53. The largest absolute Gasteiger partial charge is 0.459 e. The number of hydrogen-bond donors (Lipinski definition) is 2. The molecule has 2 amide bonds. The van der Waals surface area contributed by atoms with Gasteiger partial charge in [-0.2, -0.15) is 0 Å². The lowest BCUT2D eigenvalue weighted by Gasteiger charge is -2.31. The van der Waals surface area contributed by atoms with Crippen molar-refractivity contribution in [1.82, 2.24) is 10.6 Å². The molecule has 2 aromatic rings. The zero-order valence-electron chi connectivity index (χ0n) is 14.5. The lowest BCUT2D eigenvalue weighted by molar-refractivity contribution is 0.0920. The van der Waals surface area contributed by atoms with Crippen molar-refractivity contribution in [3.63, 3.8) is 0 Å². The van der Waals surface area contributed by atoms with Gasteiger partial charge in [0.05, 0.1) is 17.5 Å². The molecule has 1 aromatic heterocycles. The molecule has 0 bridgehead atoms. The molecule has 0 radical (unpaired) electrons. The zero-order valence-corrected chi connectivity index (χ0v) is 14.5. The highest BCUT2D eigenvalue weighted by molar-refractivity contribution is 6.09. The summed E-state index contributed by atoms with van der Waals surface area (Å²) in [6.45, 7) is 3.05. The normalized spacial score (nSPS) is 20.1. The molecule has 1 aromatic carbocycles. The van der Waals surface area contributed by atoms with E-state index < -0.39 is 0 Å². The third-order valence-corrected chi connectivity index (χ3v) is 4.62. The topological polar surface area (TPSA) is 74.6 Å². The van der Waals surface area contributed by atoms with Crippen LogP contribution in [0, 0.1) is 0 Å². The summed E-state index contributed by atoms with van der Waals surface area (Å²) in [4.78, 5) is 26.7. The van der Waals surface area contributed by atoms with Crippen LogP contribution >= 0.6 is 0 Å². The molecule has 2 N–H and O–H groups in total. The number of rotatable bonds is 4. The Morgan fingerprint density at radius 3 is 2.76 bits per heavy atom. The minimum Gasteiger partial charge on any atom is -0.459 e. The Bertz CT molecular complexity index is 742. The van der Waals surface area contributed by atoms with Crippen molar-refractivity contribution < 1.29 is 14.0 Å². The summed E-state index contributed by atoms with van der Waals surface area (Å²) in [5.41, 5.74) is 1.03. The molecular formula is C19H23N3O3. The standard InChI is InChI=1S/C19H23N3O3/c1-13-15(8-5-11-20-13)21-18(23)14-7-3-4-9-16(14)22(2)19(24)17-10-6-12-25-17/h3-4,6-7,9-10,12-13,15,20H,5,8,11H2,1-2H3,(H,21,23). The molecule has 6 nitrogen and oxygen atoms in total. The zero-order chi connectivity index (χ0) is 17.8. The first-order valence-electron chi connectivity index (χ1n) is 8.53. The lowest BCUT2D eigenvalue weighted by atomic mass is 9.99. The quantitative estimate of drug-likeness (QED) is 0.896. The Hall–Kier alpha value is -2.60. The van der Waals surface area contributed by atoms with Crippen LogP contribution in [0.25, 0.3) is 0 Å². The van der Waals surface area contributed by atoms with Crippen LogP contribution in [0.2, 0.25) is 0 Å². The van der Waals surface area contributed by atoms with Gasteiger partial charge in [-0.05, 0) is 50.6 Å². The average molecular weight is 341 g/mol. The highest BCUT2D eigenvalue weighted by Crippen LogP contribution is 2.22. The summed E-state index contributed by atoms with van der Waals surface area (Å²) in [7, 11) is 1.64. The maximum absolute atomic E-state index is 12.8. The van der Waals surface area contributed by atoms with Crippen molar-refractivity contribution in [2.45, 2.75) is 31.8 Å². The molecule has 1 fully saturated rings. The number of carbonyl (C=O) groups excluding carboxylic acids is 2. The summed E-state index contributed by atoms with van der Waals surface area (Å²) >= 11 is 0. The Labute approximate surface area is 147 Å². The van der Waals surface area contributed by atoms with E-state index in [9.17, 15) is 9.59 Å². The Morgan fingerprint density at radius 1 is 1.24 bits per heavy atom. The molecule has 2 heterocycles. The first kappa shape index (κ1) is 17.2. The number of amides is 2. The fourth-order valence-electron chi connectivity index (χ4n) is 3.12. The molecule has 3 rings (SSSR count). The number of anilines is 1. The minimum absolute atomic E-state index is 0.0837. The fourth-order valence-corrected chi connectivity index (χ4v) is 3.12. The summed E-state index contributed by atoms with van der Waals surface area (Å²) in [5.74, 6) is -0.226. The van der Waals surface area contributed by atoms with Crippen LogP contribution in [0.15, 0.2) is 47.1 Å². The number of carbonyl (C=O) groups is 2. The molecule has 2 unspecified atom stereocenters. The van der Waals surface area contributed by atoms with Gasteiger partial charge < -0.3 is 20.0 Å². The molecule has 0 aliphatic carbocycles. The third kappa shape index (κ3) is 3.74. The van der Waals surface area contributed by atoms with Crippen molar-refractivity contribution in [2.75, 3.05) is 18.5 Å². The van der Waals surface area contributed by atoms with Gasteiger partial charge in [0.25, 0.3) is 11.8 Å². The van der Waals surface area contributed by atoms with Gasteiger partial charge in [0.1, 0.15) is 0 Å².